The minimum Gasteiger partial charge on any atom is -0.360 e. The van der Waals surface area contributed by atoms with Crippen molar-refractivity contribution in [3.05, 3.63) is 17.5 Å². The second-order valence-electron chi connectivity index (χ2n) is 5.62. The van der Waals surface area contributed by atoms with Gasteiger partial charge in [0.15, 0.2) is 5.76 Å². The van der Waals surface area contributed by atoms with Gasteiger partial charge in [0.05, 0.1) is 12.2 Å². The van der Waals surface area contributed by atoms with Crippen LogP contribution in [0.1, 0.15) is 44.6 Å². The molecule has 0 bridgehead atoms. The maximum Gasteiger partial charge on any atom is 0.150 e. The van der Waals surface area contributed by atoms with Gasteiger partial charge < -0.3 is 9.84 Å². The van der Waals surface area contributed by atoms with Crippen molar-refractivity contribution in [2.24, 2.45) is 0 Å². The van der Waals surface area contributed by atoms with Crippen LogP contribution in [-0.4, -0.2) is 35.2 Å². The van der Waals surface area contributed by atoms with Crippen LogP contribution in [0.2, 0.25) is 0 Å². The van der Waals surface area contributed by atoms with Gasteiger partial charge >= 0.3 is 0 Å². The average Bonchev–Trinajstić information content (AvgIpc) is 2.73. The zero-order valence-electron chi connectivity index (χ0n) is 11.8. The molecule has 18 heavy (non-hydrogen) atoms. The van der Waals surface area contributed by atoms with Crippen LogP contribution in [0.5, 0.6) is 0 Å². The van der Waals surface area contributed by atoms with Crippen LogP contribution in [-0.2, 0) is 6.54 Å². The van der Waals surface area contributed by atoms with Crippen LogP contribution < -0.4 is 5.32 Å². The van der Waals surface area contributed by atoms with Gasteiger partial charge in [-0.15, -0.1) is 0 Å². The van der Waals surface area contributed by atoms with Crippen molar-refractivity contribution in [3.8, 4) is 0 Å². The third kappa shape index (κ3) is 3.82. The predicted molar refractivity (Wildman–Crippen MR) is 72.4 cm³/mol. The maximum atomic E-state index is 5.33. The lowest BCUT2D eigenvalue weighted by Crippen LogP contribution is -2.46. The lowest BCUT2D eigenvalue weighted by Gasteiger charge is -2.35. The Morgan fingerprint density at radius 3 is 3.00 bits per heavy atom. The molecule has 1 aliphatic rings. The summed E-state index contributed by atoms with van der Waals surface area (Å²) in [4.78, 5) is 2.53. The summed E-state index contributed by atoms with van der Waals surface area (Å²) in [7, 11) is 0. The first-order valence-electron chi connectivity index (χ1n) is 7.05. The smallest absolute Gasteiger partial charge is 0.150 e. The monoisotopic (exact) mass is 251 g/mol. The number of rotatable bonds is 5. The van der Waals surface area contributed by atoms with Gasteiger partial charge in [0.2, 0.25) is 0 Å². The molecule has 2 rings (SSSR count). The molecule has 0 spiro atoms. The van der Waals surface area contributed by atoms with Gasteiger partial charge in [-0.05, 0) is 26.3 Å². The molecule has 0 saturated carbocycles. The number of nitrogens with zero attached hydrogens (tertiary/aromatic N) is 2. The number of hydrogen-bond donors (Lipinski definition) is 1. The number of aryl methyl sites for hydroxylation is 1. The first-order chi connectivity index (χ1) is 8.65. The van der Waals surface area contributed by atoms with Crippen molar-refractivity contribution >= 4 is 0 Å². The molecule has 1 N–H and O–H groups in total. The summed E-state index contributed by atoms with van der Waals surface area (Å²) in [6, 6.07) is 3.23. The minimum atomic E-state index is 0.557. The van der Waals surface area contributed by atoms with Gasteiger partial charge in [-0.3, -0.25) is 4.90 Å². The summed E-state index contributed by atoms with van der Waals surface area (Å²) < 4.78 is 5.33. The van der Waals surface area contributed by atoms with Gasteiger partial charge in [0.25, 0.3) is 0 Å². The van der Waals surface area contributed by atoms with E-state index < -0.39 is 0 Å². The second kappa shape index (κ2) is 6.34. The van der Waals surface area contributed by atoms with E-state index in [2.05, 4.69) is 29.2 Å². The minimum absolute atomic E-state index is 0.557. The number of hydrogen-bond acceptors (Lipinski definition) is 4. The van der Waals surface area contributed by atoms with E-state index in [9.17, 15) is 0 Å². The van der Waals surface area contributed by atoms with E-state index >= 15 is 0 Å². The summed E-state index contributed by atoms with van der Waals surface area (Å²) >= 11 is 0. The van der Waals surface area contributed by atoms with Crippen molar-refractivity contribution in [3.63, 3.8) is 0 Å². The van der Waals surface area contributed by atoms with E-state index in [-0.39, 0.29) is 0 Å². The van der Waals surface area contributed by atoms with Gasteiger partial charge in [0, 0.05) is 24.7 Å². The van der Waals surface area contributed by atoms with Crippen LogP contribution >= 0.6 is 0 Å². The summed E-state index contributed by atoms with van der Waals surface area (Å²) in [6.07, 6.45) is 3.93. The van der Waals surface area contributed by atoms with Gasteiger partial charge in [-0.1, -0.05) is 25.4 Å². The van der Waals surface area contributed by atoms with Crippen LogP contribution in [0.15, 0.2) is 10.6 Å². The second-order valence-corrected chi connectivity index (χ2v) is 5.62. The molecular weight excluding hydrogens is 226 g/mol. The van der Waals surface area contributed by atoms with E-state index in [4.69, 9.17) is 4.52 Å². The average molecular weight is 251 g/mol. The quantitative estimate of drug-likeness (QED) is 0.872. The fourth-order valence-electron chi connectivity index (χ4n) is 2.56. The fourth-order valence-corrected chi connectivity index (χ4v) is 2.56. The Bertz CT molecular complexity index is 362. The molecule has 1 aromatic heterocycles. The molecule has 102 valence electrons. The molecule has 1 atom stereocenters. The first-order valence-corrected chi connectivity index (χ1v) is 7.05. The molecular formula is C14H25N3O. The first kappa shape index (κ1) is 13.6. The van der Waals surface area contributed by atoms with E-state index in [0.29, 0.717) is 12.1 Å². The zero-order valence-corrected chi connectivity index (χ0v) is 11.8. The van der Waals surface area contributed by atoms with Crippen LogP contribution in [0.25, 0.3) is 0 Å². The number of likely N-dealkylation sites (tertiary alicyclic amines) is 1. The van der Waals surface area contributed by atoms with E-state index in [1.54, 1.807) is 0 Å². The molecule has 0 aliphatic carbocycles. The van der Waals surface area contributed by atoms with Gasteiger partial charge in [0.1, 0.15) is 0 Å². The van der Waals surface area contributed by atoms with E-state index in [1.807, 2.05) is 13.0 Å². The predicted octanol–water partition coefficient (Wildman–Crippen LogP) is 2.34. The van der Waals surface area contributed by atoms with E-state index in [0.717, 1.165) is 24.5 Å². The Morgan fingerprint density at radius 1 is 1.50 bits per heavy atom. The molecule has 4 heteroatoms. The van der Waals surface area contributed by atoms with Gasteiger partial charge in [-0.2, -0.15) is 0 Å². The molecule has 1 fully saturated rings. The third-order valence-electron chi connectivity index (χ3n) is 3.55. The van der Waals surface area contributed by atoms with Crippen molar-refractivity contribution in [1.29, 1.82) is 0 Å². The molecule has 0 aromatic carbocycles. The van der Waals surface area contributed by atoms with Crippen LogP contribution in [0.4, 0.5) is 0 Å². The Labute approximate surface area is 110 Å². The Balaban J connectivity index is 1.90. The number of piperidine rings is 1. The molecule has 4 nitrogen and oxygen atoms in total. The number of aromatic nitrogens is 1. The van der Waals surface area contributed by atoms with E-state index in [1.165, 1.54) is 25.8 Å². The lowest BCUT2D eigenvalue weighted by molar-refractivity contribution is 0.122. The summed E-state index contributed by atoms with van der Waals surface area (Å²) in [5.74, 6) is 0.990. The van der Waals surface area contributed by atoms with Gasteiger partial charge in [-0.25, -0.2) is 0 Å². The van der Waals surface area contributed by atoms with Crippen molar-refractivity contribution in [2.45, 2.75) is 58.7 Å². The molecule has 2 heterocycles. The highest BCUT2D eigenvalue weighted by Crippen LogP contribution is 2.19. The van der Waals surface area contributed by atoms with Crippen molar-refractivity contribution in [2.75, 3.05) is 13.1 Å². The maximum absolute atomic E-state index is 5.33. The third-order valence-corrected chi connectivity index (χ3v) is 3.55. The Morgan fingerprint density at radius 2 is 2.33 bits per heavy atom. The molecule has 1 aliphatic heterocycles. The molecule has 0 radical (unpaired) electrons. The summed E-state index contributed by atoms with van der Waals surface area (Å²) in [5, 5.41) is 7.51. The molecule has 0 amide bonds. The largest absolute Gasteiger partial charge is 0.360 e. The Hall–Kier alpha value is -0.870. The zero-order chi connectivity index (χ0) is 13.0. The molecule has 1 unspecified atom stereocenters. The summed E-state index contributed by atoms with van der Waals surface area (Å²) in [5.41, 5.74) is 0.971. The Kier molecular flexibility index (Phi) is 4.78. The topological polar surface area (TPSA) is 41.3 Å². The lowest BCUT2D eigenvalue weighted by atomic mass is 10.0. The molecule has 1 aromatic rings. The highest BCUT2D eigenvalue weighted by Gasteiger charge is 2.23. The van der Waals surface area contributed by atoms with Crippen LogP contribution in [0.3, 0.4) is 0 Å². The SMILES string of the molecule is Cc1cc(CN2CCCCC2CNC(C)C)on1. The standard InChI is InChI=1S/C14H25N3O/c1-11(2)15-9-13-6-4-5-7-17(13)10-14-8-12(3)16-18-14/h8,11,13,15H,4-7,9-10H2,1-3H3. The highest BCUT2D eigenvalue weighted by atomic mass is 16.5. The normalized spacial score (nSPS) is 21.7. The van der Waals surface area contributed by atoms with Crippen LogP contribution in [0, 0.1) is 6.92 Å². The molecule has 1 saturated heterocycles. The fraction of sp³-hybridized carbons (Fsp3) is 0.786. The van der Waals surface area contributed by atoms with Crippen molar-refractivity contribution < 1.29 is 4.52 Å². The number of nitrogens with one attached hydrogen (secondary N) is 1. The summed E-state index contributed by atoms with van der Waals surface area (Å²) in [6.45, 7) is 9.52. The van der Waals surface area contributed by atoms with Crippen molar-refractivity contribution in [1.82, 2.24) is 15.4 Å². The highest BCUT2D eigenvalue weighted by molar-refractivity contribution is 5.03.